The maximum atomic E-state index is 13.2. The number of hydrogen-bond donors (Lipinski definition) is 1. The fraction of sp³-hybridized carbons (Fsp3) is 0.231. The normalized spacial score (nSPS) is 12.2. The van der Waals surface area contributed by atoms with Gasteiger partial charge in [0.15, 0.2) is 11.6 Å². The van der Waals surface area contributed by atoms with Crippen LogP contribution in [-0.2, 0) is 7.05 Å². The standard InChI is InChI=1S/C13H12BrF2N3O/c1-7(8-3-4-9(15)10(16)5-8)18-11-6-17-19(2)13(20)12(11)14/h3-7,18H,1-2H3. The Balaban J connectivity index is 2.28. The van der Waals surface area contributed by atoms with Crippen LogP contribution < -0.4 is 10.9 Å². The van der Waals surface area contributed by atoms with Gasteiger partial charge >= 0.3 is 0 Å². The smallest absolute Gasteiger partial charge is 0.282 e. The van der Waals surface area contributed by atoms with Gasteiger partial charge in [0.05, 0.1) is 11.9 Å². The van der Waals surface area contributed by atoms with Crippen molar-refractivity contribution in [1.82, 2.24) is 9.78 Å². The lowest BCUT2D eigenvalue weighted by molar-refractivity contribution is 0.506. The van der Waals surface area contributed by atoms with Gasteiger partial charge in [0, 0.05) is 13.1 Å². The van der Waals surface area contributed by atoms with Crippen molar-refractivity contribution in [3.05, 3.63) is 56.4 Å². The number of halogens is 3. The molecule has 0 saturated carbocycles. The summed E-state index contributed by atoms with van der Waals surface area (Å²) in [6.07, 6.45) is 1.49. The van der Waals surface area contributed by atoms with E-state index in [9.17, 15) is 13.6 Å². The lowest BCUT2D eigenvalue weighted by Gasteiger charge is -2.16. The van der Waals surface area contributed by atoms with Gasteiger partial charge in [-0.1, -0.05) is 6.07 Å². The Bertz CT molecular complexity index is 703. The van der Waals surface area contributed by atoms with Crippen LogP contribution in [0.4, 0.5) is 14.5 Å². The van der Waals surface area contributed by atoms with Gasteiger partial charge in [-0.3, -0.25) is 4.79 Å². The average molecular weight is 344 g/mol. The summed E-state index contributed by atoms with van der Waals surface area (Å²) in [6, 6.07) is 3.36. The van der Waals surface area contributed by atoms with E-state index in [2.05, 4.69) is 26.3 Å². The first-order chi connectivity index (χ1) is 9.40. The Hall–Kier alpha value is -1.76. The van der Waals surface area contributed by atoms with Crippen LogP contribution >= 0.6 is 15.9 Å². The molecular weight excluding hydrogens is 332 g/mol. The van der Waals surface area contributed by atoms with Crippen LogP contribution in [0.15, 0.2) is 33.7 Å². The van der Waals surface area contributed by atoms with Gasteiger partial charge in [0.1, 0.15) is 4.47 Å². The van der Waals surface area contributed by atoms with Crippen molar-refractivity contribution in [3.8, 4) is 0 Å². The number of nitrogens with zero attached hydrogens (tertiary/aromatic N) is 2. The highest BCUT2D eigenvalue weighted by Gasteiger charge is 2.12. The number of nitrogens with one attached hydrogen (secondary N) is 1. The maximum absolute atomic E-state index is 13.2. The molecule has 0 bridgehead atoms. The van der Waals surface area contributed by atoms with Crippen LogP contribution in [0.1, 0.15) is 18.5 Å². The summed E-state index contributed by atoms with van der Waals surface area (Å²) in [6.45, 7) is 1.77. The average Bonchev–Trinajstić information content (AvgIpc) is 2.42. The molecule has 20 heavy (non-hydrogen) atoms. The first-order valence-electron chi connectivity index (χ1n) is 5.83. The molecule has 1 aromatic heterocycles. The van der Waals surface area contributed by atoms with Crippen molar-refractivity contribution in [2.45, 2.75) is 13.0 Å². The molecule has 1 N–H and O–H groups in total. The second kappa shape index (κ2) is 5.70. The van der Waals surface area contributed by atoms with Gasteiger partial charge in [-0.25, -0.2) is 13.5 Å². The number of aromatic nitrogens is 2. The van der Waals surface area contributed by atoms with E-state index in [4.69, 9.17) is 0 Å². The molecule has 0 aliphatic rings. The summed E-state index contributed by atoms with van der Waals surface area (Å²) in [5.41, 5.74) is 0.772. The van der Waals surface area contributed by atoms with Crippen LogP contribution in [0.2, 0.25) is 0 Å². The van der Waals surface area contributed by atoms with E-state index in [0.717, 1.165) is 12.1 Å². The molecule has 1 heterocycles. The minimum Gasteiger partial charge on any atom is -0.376 e. The molecule has 4 nitrogen and oxygen atoms in total. The van der Waals surface area contributed by atoms with Gasteiger partial charge in [-0.05, 0) is 40.5 Å². The third-order valence-electron chi connectivity index (χ3n) is 2.89. The second-order valence-electron chi connectivity index (χ2n) is 4.34. The summed E-state index contributed by atoms with van der Waals surface area (Å²) in [7, 11) is 1.54. The van der Waals surface area contributed by atoms with Crippen molar-refractivity contribution in [2.75, 3.05) is 5.32 Å². The number of hydrogen-bond acceptors (Lipinski definition) is 3. The van der Waals surface area contributed by atoms with E-state index >= 15 is 0 Å². The molecule has 0 saturated heterocycles. The first kappa shape index (κ1) is 14.6. The lowest BCUT2D eigenvalue weighted by Crippen LogP contribution is -2.22. The first-order valence-corrected chi connectivity index (χ1v) is 6.62. The highest BCUT2D eigenvalue weighted by Crippen LogP contribution is 2.24. The van der Waals surface area contributed by atoms with Crippen molar-refractivity contribution < 1.29 is 8.78 Å². The monoisotopic (exact) mass is 343 g/mol. The lowest BCUT2D eigenvalue weighted by atomic mass is 10.1. The van der Waals surface area contributed by atoms with Gasteiger partial charge in [0.2, 0.25) is 0 Å². The van der Waals surface area contributed by atoms with E-state index in [0.29, 0.717) is 15.7 Å². The number of benzene rings is 1. The predicted octanol–water partition coefficient (Wildman–Crippen LogP) is 2.99. The minimum absolute atomic E-state index is 0.285. The second-order valence-corrected chi connectivity index (χ2v) is 5.13. The van der Waals surface area contributed by atoms with E-state index < -0.39 is 11.6 Å². The maximum Gasteiger partial charge on any atom is 0.282 e. The molecule has 0 aliphatic heterocycles. The number of aryl methyl sites for hydroxylation is 1. The Kier molecular flexibility index (Phi) is 4.17. The predicted molar refractivity (Wildman–Crippen MR) is 75.6 cm³/mol. The molecule has 0 amide bonds. The molecule has 2 rings (SSSR count). The van der Waals surface area contributed by atoms with Crippen LogP contribution in [-0.4, -0.2) is 9.78 Å². The number of rotatable bonds is 3. The fourth-order valence-electron chi connectivity index (χ4n) is 1.71. The third kappa shape index (κ3) is 2.87. The molecule has 2 aromatic rings. The Morgan fingerprint density at radius 2 is 2.05 bits per heavy atom. The largest absolute Gasteiger partial charge is 0.376 e. The summed E-state index contributed by atoms with van der Waals surface area (Å²) < 4.78 is 27.6. The van der Waals surface area contributed by atoms with Crippen molar-refractivity contribution >= 4 is 21.6 Å². The summed E-state index contributed by atoms with van der Waals surface area (Å²) in [5, 5.41) is 6.92. The van der Waals surface area contributed by atoms with Gasteiger partial charge < -0.3 is 5.32 Å². The van der Waals surface area contributed by atoms with Crippen LogP contribution in [0, 0.1) is 11.6 Å². The fourth-order valence-corrected chi connectivity index (χ4v) is 2.18. The highest BCUT2D eigenvalue weighted by atomic mass is 79.9. The van der Waals surface area contributed by atoms with E-state index in [1.165, 1.54) is 24.0 Å². The molecule has 1 unspecified atom stereocenters. The molecule has 1 atom stereocenters. The van der Waals surface area contributed by atoms with E-state index in [1.807, 2.05) is 0 Å². The van der Waals surface area contributed by atoms with Crippen molar-refractivity contribution in [2.24, 2.45) is 7.05 Å². The SMILES string of the molecule is CC(Nc1cnn(C)c(=O)c1Br)c1ccc(F)c(F)c1. The topological polar surface area (TPSA) is 46.9 Å². The zero-order valence-electron chi connectivity index (χ0n) is 10.8. The molecule has 7 heteroatoms. The summed E-state index contributed by atoms with van der Waals surface area (Å²) >= 11 is 3.19. The van der Waals surface area contributed by atoms with E-state index in [-0.39, 0.29) is 11.6 Å². The van der Waals surface area contributed by atoms with Crippen molar-refractivity contribution in [3.63, 3.8) is 0 Å². The molecule has 106 valence electrons. The Labute approximate surface area is 122 Å². The summed E-state index contributed by atoms with van der Waals surface area (Å²) in [5.74, 6) is -1.80. The van der Waals surface area contributed by atoms with Crippen LogP contribution in [0.3, 0.4) is 0 Å². The molecule has 0 spiro atoms. The third-order valence-corrected chi connectivity index (χ3v) is 3.66. The van der Waals surface area contributed by atoms with Gasteiger partial charge in [0.25, 0.3) is 5.56 Å². The van der Waals surface area contributed by atoms with Crippen LogP contribution in [0.5, 0.6) is 0 Å². The molecule has 0 aliphatic carbocycles. The zero-order valence-corrected chi connectivity index (χ0v) is 12.4. The van der Waals surface area contributed by atoms with Crippen LogP contribution in [0.25, 0.3) is 0 Å². The van der Waals surface area contributed by atoms with Gasteiger partial charge in [-0.2, -0.15) is 5.10 Å². The van der Waals surface area contributed by atoms with E-state index in [1.54, 1.807) is 6.92 Å². The summed E-state index contributed by atoms with van der Waals surface area (Å²) in [4.78, 5) is 11.7. The quantitative estimate of drug-likeness (QED) is 0.931. The Morgan fingerprint density at radius 3 is 2.70 bits per heavy atom. The van der Waals surface area contributed by atoms with Gasteiger partial charge in [-0.15, -0.1) is 0 Å². The highest BCUT2D eigenvalue weighted by molar-refractivity contribution is 9.10. The van der Waals surface area contributed by atoms with Crippen molar-refractivity contribution in [1.29, 1.82) is 0 Å². The molecular formula is C13H12BrF2N3O. The minimum atomic E-state index is -0.905. The Morgan fingerprint density at radius 1 is 1.35 bits per heavy atom. The number of anilines is 1. The zero-order chi connectivity index (χ0) is 14.9. The molecule has 0 radical (unpaired) electrons. The molecule has 0 fully saturated rings. The molecule has 1 aromatic carbocycles.